The number of aromatic nitrogens is 1. The first-order chi connectivity index (χ1) is 15.4. The average Bonchev–Trinajstić information content (AvgIpc) is 2.74. The molecule has 0 aliphatic carbocycles. The number of methoxy groups -OCH3 is 1. The van der Waals surface area contributed by atoms with E-state index in [1.165, 1.54) is 18.2 Å². The lowest BCUT2D eigenvalue weighted by Crippen LogP contribution is -2.42. The second kappa shape index (κ2) is 15.5. The Morgan fingerprint density at radius 1 is 1.44 bits per heavy atom. The number of aldehydes is 1. The maximum absolute atomic E-state index is 12.3. The van der Waals surface area contributed by atoms with Crippen LogP contribution in [0.1, 0.15) is 30.1 Å². The molecular weight excluding hydrogens is 413 g/mol. The van der Waals surface area contributed by atoms with Crippen molar-refractivity contribution in [3.05, 3.63) is 54.0 Å². The van der Waals surface area contributed by atoms with Gasteiger partial charge in [-0.25, -0.2) is 9.37 Å². The van der Waals surface area contributed by atoms with Crippen LogP contribution in [-0.2, 0) is 9.53 Å². The van der Waals surface area contributed by atoms with Crippen LogP contribution in [0.15, 0.2) is 53.5 Å². The zero-order valence-corrected chi connectivity index (χ0v) is 18.9. The van der Waals surface area contributed by atoms with E-state index in [1.807, 2.05) is 11.0 Å². The van der Waals surface area contributed by atoms with E-state index in [0.29, 0.717) is 29.8 Å². The number of carbonyl (C=O) groups is 2. The van der Waals surface area contributed by atoms with Gasteiger partial charge in [0.15, 0.2) is 0 Å². The van der Waals surface area contributed by atoms with Crippen LogP contribution in [0, 0.1) is 0 Å². The van der Waals surface area contributed by atoms with E-state index >= 15 is 0 Å². The summed E-state index contributed by atoms with van der Waals surface area (Å²) in [5.41, 5.74) is 1.89. The van der Waals surface area contributed by atoms with E-state index in [-0.39, 0.29) is 5.91 Å². The van der Waals surface area contributed by atoms with Gasteiger partial charge in [0.2, 0.25) is 0 Å². The minimum Gasteiger partial charge on any atom is -0.385 e. The van der Waals surface area contributed by atoms with Crippen molar-refractivity contribution in [2.24, 2.45) is 4.99 Å². The van der Waals surface area contributed by atoms with Crippen LogP contribution in [0.2, 0.25) is 0 Å². The molecule has 1 aromatic heterocycles. The van der Waals surface area contributed by atoms with Crippen molar-refractivity contribution in [1.82, 2.24) is 9.88 Å². The van der Waals surface area contributed by atoms with E-state index in [2.05, 4.69) is 27.2 Å². The summed E-state index contributed by atoms with van der Waals surface area (Å²) in [7, 11) is 3.36. The second-order valence-electron chi connectivity index (χ2n) is 6.91. The number of allylic oxidation sites excluding steroid dienone is 5. The molecule has 2 heterocycles. The maximum Gasteiger partial charge on any atom is 0.255 e. The van der Waals surface area contributed by atoms with Gasteiger partial charge < -0.3 is 20.3 Å². The summed E-state index contributed by atoms with van der Waals surface area (Å²) in [6, 6.07) is 1.81. The number of amides is 1. The van der Waals surface area contributed by atoms with Crippen molar-refractivity contribution in [1.29, 1.82) is 0 Å². The number of halogens is 1. The van der Waals surface area contributed by atoms with Crippen LogP contribution in [0.3, 0.4) is 0 Å². The first-order valence-corrected chi connectivity index (χ1v) is 10.3. The number of nitrogens with zero attached hydrogens (tertiary/aromatic N) is 3. The van der Waals surface area contributed by atoms with Crippen molar-refractivity contribution in [2.75, 3.05) is 51.0 Å². The van der Waals surface area contributed by atoms with E-state index in [0.717, 1.165) is 38.2 Å². The Balaban J connectivity index is 0.000000433. The normalized spacial score (nSPS) is 13.4. The number of ether oxygens (including phenoxy) is 1. The van der Waals surface area contributed by atoms with Gasteiger partial charge in [-0.3, -0.25) is 14.6 Å². The van der Waals surface area contributed by atoms with Gasteiger partial charge in [0.25, 0.3) is 5.91 Å². The molecule has 174 valence electrons. The van der Waals surface area contributed by atoms with Crippen molar-refractivity contribution in [3.63, 3.8) is 0 Å². The third kappa shape index (κ3) is 10.1. The second-order valence-corrected chi connectivity index (χ2v) is 6.91. The molecule has 1 aliphatic rings. The molecule has 1 saturated heterocycles. The first-order valence-electron chi connectivity index (χ1n) is 10.3. The fourth-order valence-electron chi connectivity index (χ4n) is 2.44. The van der Waals surface area contributed by atoms with E-state index in [4.69, 9.17) is 4.74 Å². The molecule has 0 saturated carbocycles. The molecule has 0 unspecified atom stereocenters. The molecule has 0 spiro atoms. The van der Waals surface area contributed by atoms with Crippen LogP contribution in [0.5, 0.6) is 0 Å². The molecule has 0 bridgehead atoms. The number of aliphatic imine (C=N–C) groups is 1. The predicted molar refractivity (Wildman–Crippen MR) is 127 cm³/mol. The van der Waals surface area contributed by atoms with Crippen LogP contribution < -0.4 is 10.6 Å². The largest absolute Gasteiger partial charge is 0.385 e. The Kier molecular flexibility index (Phi) is 12.9. The number of hydrogen-bond donors (Lipinski definition) is 2. The highest BCUT2D eigenvalue weighted by molar-refractivity contribution is 5.97. The molecule has 0 aromatic carbocycles. The van der Waals surface area contributed by atoms with Crippen LogP contribution in [0.4, 0.5) is 15.9 Å². The highest BCUT2D eigenvalue weighted by atomic mass is 19.1. The first kappa shape index (κ1) is 26.7. The molecule has 1 aliphatic heterocycles. The fourth-order valence-corrected chi connectivity index (χ4v) is 2.44. The lowest BCUT2D eigenvalue weighted by Gasteiger charge is -2.31. The SMILES string of the molecule is C=C(F)/C=C\C=C(/C)C=O.CN=CNc1cc(C(=O)N2CCC2)cnc1NCCCOC. The smallest absolute Gasteiger partial charge is 0.255 e. The average molecular weight is 446 g/mol. The zero-order chi connectivity index (χ0) is 23.8. The molecular formula is C23H32FN5O3. The summed E-state index contributed by atoms with van der Waals surface area (Å²) in [5, 5.41) is 6.30. The topological polar surface area (TPSA) is 95.9 Å². The van der Waals surface area contributed by atoms with Gasteiger partial charge in [-0.15, -0.1) is 0 Å². The summed E-state index contributed by atoms with van der Waals surface area (Å²) in [5.74, 6) is 0.215. The molecule has 0 radical (unpaired) electrons. The number of hydrogen-bond acceptors (Lipinski definition) is 6. The van der Waals surface area contributed by atoms with Gasteiger partial charge in [0, 0.05) is 46.6 Å². The Bertz CT molecular complexity index is 848. The number of rotatable bonds is 11. The molecule has 32 heavy (non-hydrogen) atoms. The zero-order valence-electron chi connectivity index (χ0n) is 18.9. The highest BCUT2D eigenvalue weighted by Gasteiger charge is 2.22. The number of likely N-dealkylation sites (tertiary alicyclic amines) is 1. The van der Waals surface area contributed by atoms with Gasteiger partial charge in [-0.05, 0) is 37.5 Å². The third-order valence-corrected chi connectivity index (χ3v) is 4.27. The Hall–Kier alpha value is -3.33. The molecule has 0 atom stereocenters. The molecule has 1 aromatic rings. The molecule has 2 N–H and O–H groups in total. The Labute approximate surface area is 189 Å². The van der Waals surface area contributed by atoms with Gasteiger partial charge in [0.05, 0.1) is 17.6 Å². The molecule has 1 fully saturated rings. The molecule has 9 heteroatoms. The third-order valence-electron chi connectivity index (χ3n) is 4.27. The van der Waals surface area contributed by atoms with Crippen molar-refractivity contribution >= 4 is 30.0 Å². The standard InChI is InChI=1S/C15H23N5O2.C8H9FO/c1-16-11-19-13-9-12(15(21)20-6-4-7-20)10-18-14(13)17-5-3-8-22-2;1-7(6-10)4-3-5-8(2)9/h9-11H,3-8H2,1-2H3,(H,16,19)(H,17,18);3-6H,2H2,1H3/b;5-3-,7-4+. The number of pyridine rings is 1. The van der Waals surface area contributed by atoms with Crippen LogP contribution >= 0.6 is 0 Å². The Morgan fingerprint density at radius 3 is 2.75 bits per heavy atom. The van der Waals surface area contributed by atoms with Crippen molar-refractivity contribution < 1.29 is 18.7 Å². The van der Waals surface area contributed by atoms with E-state index < -0.39 is 5.83 Å². The van der Waals surface area contributed by atoms with E-state index in [1.54, 1.807) is 33.6 Å². The maximum atomic E-state index is 12.3. The lowest BCUT2D eigenvalue weighted by molar-refractivity contribution is -0.104. The summed E-state index contributed by atoms with van der Waals surface area (Å²) in [6.07, 6.45) is 9.99. The van der Waals surface area contributed by atoms with Gasteiger partial charge in [-0.2, -0.15) is 0 Å². The molecule has 1 amide bonds. The lowest BCUT2D eigenvalue weighted by atomic mass is 10.1. The quantitative estimate of drug-likeness (QED) is 0.135. The summed E-state index contributed by atoms with van der Waals surface area (Å²) < 4.78 is 16.9. The van der Waals surface area contributed by atoms with Gasteiger partial charge in [-0.1, -0.05) is 18.7 Å². The van der Waals surface area contributed by atoms with Gasteiger partial charge in [0.1, 0.15) is 17.9 Å². The van der Waals surface area contributed by atoms with Crippen LogP contribution in [-0.4, -0.2) is 68.8 Å². The number of anilines is 2. The van der Waals surface area contributed by atoms with Crippen molar-refractivity contribution in [2.45, 2.75) is 19.8 Å². The van der Waals surface area contributed by atoms with E-state index in [9.17, 15) is 14.0 Å². The number of carbonyl (C=O) groups excluding carboxylic acids is 2. The predicted octanol–water partition coefficient (Wildman–Crippen LogP) is 3.62. The molecule has 8 nitrogen and oxygen atoms in total. The summed E-state index contributed by atoms with van der Waals surface area (Å²) >= 11 is 0. The Morgan fingerprint density at radius 2 is 2.19 bits per heavy atom. The van der Waals surface area contributed by atoms with Crippen molar-refractivity contribution in [3.8, 4) is 0 Å². The summed E-state index contributed by atoms with van der Waals surface area (Å²) in [6.45, 7) is 7.74. The van der Waals surface area contributed by atoms with Gasteiger partial charge >= 0.3 is 0 Å². The fraction of sp³-hybridized carbons (Fsp3) is 0.391. The highest BCUT2D eigenvalue weighted by Crippen LogP contribution is 2.22. The monoisotopic (exact) mass is 445 g/mol. The number of nitrogens with one attached hydrogen (secondary N) is 2. The van der Waals surface area contributed by atoms with Crippen LogP contribution in [0.25, 0.3) is 0 Å². The molecule has 2 rings (SSSR count). The summed E-state index contributed by atoms with van der Waals surface area (Å²) in [4.78, 5) is 32.3. The minimum atomic E-state index is -0.519. The minimum absolute atomic E-state index is 0.0289.